The summed E-state index contributed by atoms with van der Waals surface area (Å²) in [6.07, 6.45) is 2.00. The molecule has 0 aliphatic carbocycles. The second kappa shape index (κ2) is 8.62. The van der Waals surface area contributed by atoms with E-state index < -0.39 is 0 Å². The molecule has 30 heavy (non-hydrogen) atoms. The van der Waals surface area contributed by atoms with Crippen LogP contribution in [0.25, 0.3) is 0 Å². The summed E-state index contributed by atoms with van der Waals surface area (Å²) >= 11 is 5.60. The number of aromatic amines is 1. The van der Waals surface area contributed by atoms with Gasteiger partial charge in [0.2, 0.25) is 5.91 Å². The van der Waals surface area contributed by atoms with E-state index in [-0.39, 0.29) is 30.2 Å². The van der Waals surface area contributed by atoms with Gasteiger partial charge in [-0.1, -0.05) is 6.07 Å². The van der Waals surface area contributed by atoms with Gasteiger partial charge in [0.1, 0.15) is 5.82 Å². The van der Waals surface area contributed by atoms with Gasteiger partial charge in [-0.25, -0.2) is 4.39 Å². The lowest BCUT2D eigenvalue weighted by Crippen LogP contribution is -2.32. The summed E-state index contributed by atoms with van der Waals surface area (Å²) in [7, 11) is 0. The lowest BCUT2D eigenvalue weighted by Gasteiger charge is -2.26. The third-order valence-electron chi connectivity index (χ3n) is 5.08. The van der Waals surface area contributed by atoms with Crippen LogP contribution in [0.5, 0.6) is 0 Å². The standard InChI is InChI=1S/C22H22FN5OS/c1-14-5-10-18(25-14)21-20(17-4-2-3-12-24-17)27-22(30)28(21)13-11-19(29)26-16-8-6-15(23)7-9-16/h2-10,12,20-21,25H,11,13H2,1H3,(H,26,29)(H,27,30)/t20-,21-/m1/s1. The molecule has 0 unspecified atom stereocenters. The molecule has 8 heteroatoms. The first-order chi connectivity index (χ1) is 14.5. The van der Waals surface area contributed by atoms with E-state index in [1.165, 1.54) is 24.3 Å². The largest absolute Gasteiger partial charge is 0.361 e. The molecule has 0 radical (unpaired) electrons. The van der Waals surface area contributed by atoms with Crippen molar-refractivity contribution in [3.63, 3.8) is 0 Å². The number of carbonyl (C=O) groups is 1. The van der Waals surface area contributed by atoms with Crippen LogP contribution in [0.3, 0.4) is 0 Å². The number of anilines is 1. The number of aromatic nitrogens is 2. The van der Waals surface area contributed by atoms with Crippen molar-refractivity contribution in [2.75, 3.05) is 11.9 Å². The third kappa shape index (κ3) is 4.33. The minimum absolute atomic E-state index is 0.111. The summed E-state index contributed by atoms with van der Waals surface area (Å²) in [5.41, 5.74) is 3.51. The molecule has 1 saturated heterocycles. The van der Waals surface area contributed by atoms with Crippen LogP contribution in [0.2, 0.25) is 0 Å². The molecule has 0 bridgehead atoms. The van der Waals surface area contributed by atoms with E-state index in [2.05, 4.69) is 20.6 Å². The van der Waals surface area contributed by atoms with E-state index in [4.69, 9.17) is 12.2 Å². The van der Waals surface area contributed by atoms with Crippen LogP contribution in [0.1, 0.15) is 35.6 Å². The van der Waals surface area contributed by atoms with Gasteiger partial charge < -0.3 is 20.5 Å². The van der Waals surface area contributed by atoms with Gasteiger partial charge in [-0.05, 0) is 67.7 Å². The monoisotopic (exact) mass is 423 g/mol. The molecule has 4 rings (SSSR count). The van der Waals surface area contributed by atoms with Crippen LogP contribution < -0.4 is 10.6 Å². The lowest BCUT2D eigenvalue weighted by molar-refractivity contribution is -0.116. The van der Waals surface area contributed by atoms with E-state index in [9.17, 15) is 9.18 Å². The van der Waals surface area contributed by atoms with Crippen molar-refractivity contribution in [2.24, 2.45) is 0 Å². The predicted molar refractivity (Wildman–Crippen MR) is 117 cm³/mol. The zero-order valence-corrected chi connectivity index (χ0v) is 17.2. The number of rotatable bonds is 6. The summed E-state index contributed by atoms with van der Waals surface area (Å²) in [6, 6.07) is 15.3. The Bertz CT molecular complexity index is 1040. The third-order valence-corrected chi connectivity index (χ3v) is 5.43. The van der Waals surface area contributed by atoms with Crippen molar-refractivity contribution in [3.8, 4) is 0 Å². The second-order valence-corrected chi connectivity index (χ2v) is 7.61. The van der Waals surface area contributed by atoms with E-state index >= 15 is 0 Å². The minimum Gasteiger partial charge on any atom is -0.361 e. The summed E-state index contributed by atoms with van der Waals surface area (Å²) in [5.74, 6) is -0.502. The number of amides is 1. The summed E-state index contributed by atoms with van der Waals surface area (Å²) in [6.45, 7) is 2.44. The van der Waals surface area contributed by atoms with Gasteiger partial charge in [0, 0.05) is 36.2 Å². The highest BCUT2D eigenvalue weighted by Gasteiger charge is 2.40. The molecule has 154 valence electrons. The lowest BCUT2D eigenvalue weighted by atomic mass is 10.0. The van der Waals surface area contributed by atoms with Gasteiger partial charge in [0.05, 0.1) is 17.8 Å². The van der Waals surface area contributed by atoms with Crippen LogP contribution in [0.4, 0.5) is 10.1 Å². The molecule has 1 aliphatic rings. The Labute approximate surface area is 179 Å². The number of benzene rings is 1. The second-order valence-electron chi connectivity index (χ2n) is 7.22. The molecule has 3 aromatic rings. The fourth-order valence-electron chi connectivity index (χ4n) is 3.66. The number of thiocarbonyl (C=S) groups is 1. The van der Waals surface area contributed by atoms with Gasteiger partial charge in [0.25, 0.3) is 0 Å². The molecule has 3 N–H and O–H groups in total. The van der Waals surface area contributed by atoms with Gasteiger partial charge >= 0.3 is 0 Å². The first kappa shape index (κ1) is 20.0. The maximum absolute atomic E-state index is 13.1. The molecule has 1 fully saturated rings. The number of halogens is 1. The van der Waals surface area contributed by atoms with Crippen LogP contribution in [0.15, 0.2) is 60.8 Å². The molecule has 0 spiro atoms. The van der Waals surface area contributed by atoms with Gasteiger partial charge in [-0.2, -0.15) is 0 Å². The van der Waals surface area contributed by atoms with Crippen molar-refractivity contribution < 1.29 is 9.18 Å². The van der Waals surface area contributed by atoms with Crippen LogP contribution in [0, 0.1) is 12.7 Å². The highest BCUT2D eigenvalue weighted by molar-refractivity contribution is 7.80. The number of hydrogen-bond acceptors (Lipinski definition) is 3. The Kier molecular flexibility index (Phi) is 5.76. The van der Waals surface area contributed by atoms with Crippen LogP contribution in [-0.2, 0) is 4.79 Å². The maximum Gasteiger partial charge on any atom is 0.226 e. The van der Waals surface area contributed by atoms with Gasteiger partial charge in [0.15, 0.2) is 5.11 Å². The van der Waals surface area contributed by atoms with Gasteiger partial charge in [-0.3, -0.25) is 9.78 Å². The van der Waals surface area contributed by atoms with Gasteiger partial charge in [-0.15, -0.1) is 0 Å². The van der Waals surface area contributed by atoms with E-state index in [0.29, 0.717) is 17.3 Å². The van der Waals surface area contributed by atoms with Crippen molar-refractivity contribution in [2.45, 2.75) is 25.4 Å². The Morgan fingerprint density at radius 2 is 2.00 bits per heavy atom. The van der Waals surface area contributed by atoms with E-state index in [0.717, 1.165) is 17.1 Å². The van der Waals surface area contributed by atoms with Crippen molar-refractivity contribution >= 4 is 28.9 Å². The number of nitrogens with zero attached hydrogens (tertiary/aromatic N) is 2. The smallest absolute Gasteiger partial charge is 0.226 e. The first-order valence-electron chi connectivity index (χ1n) is 9.70. The SMILES string of the molecule is Cc1ccc([C@@H]2[C@@H](c3ccccn3)NC(=S)N2CCC(=O)Nc2ccc(F)cc2)[nH]1. The zero-order chi connectivity index (χ0) is 21.1. The summed E-state index contributed by atoms with van der Waals surface area (Å²) in [4.78, 5) is 22.4. The van der Waals surface area contributed by atoms with Crippen LogP contribution in [-0.4, -0.2) is 32.4 Å². The number of hydrogen-bond donors (Lipinski definition) is 3. The number of carbonyl (C=O) groups excluding carboxylic acids is 1. The Balaban J connectivity index is 1.51. The highest BCUT2D eigenvalue weighted by atomic mass is 32.1. The summed E-state index contributed by atoms with van der Waals surface area (Å²) in [5, 5.41) is 6.73. The number of pyridine rings is 1. The maximum atomic E-state index is 13.1. The van der Waals surface area contributed by atoms with Crippen molar-refractivity contribution in [3.05, 3.63) is 83.7 Å². The van der Waals surface area contributed by atoms with E-state index in [1.54, 1.807) is 6.20 Å². The fraction of sp³-hybridized carbons (Fsp3) is 0.227. The first-order valence-corrected chi connectivity index (χ1v) is 10.1. The van der Waals surface area contributed by atoms with Crippen molar-refractivity contribution in [1.29, 1.82) is 0 Å². The summed E-state index contributed by atoms with van der Waals surface area (Å²) < 4.78 is 13.1. The molecule has 3 heterocycles. The molecular formula is C22H22FN5OS. The topological polar surface area (TPSA) is 73.1 Å². The molecule has 1 aromatic carbocycles. The molecule has 2 aromatic heterocycles. The average molecular weight is 424 g/mol. The molecular weight excluding hydrogens is 401 g/mol. The number of nitrogens with one attached hydrogen (secondary N) is 3. The predicted octanol–water partition coefficient (Wildman–Crippen LogP) is 3.86. The average Bonchev–Trinajstić information content (AvgIpc) is 3.31. The van der Waals surface area contributed by atoms with Crippen molar-refractivity contribution in [1.82, 2.24) is 20.2 Å². The molecule has 6 nitrogen and oxygen atoms in total. The molecule has 1 aliphatic heterocycles. The normalized spacial score (nSPS) is 18.3. The minimum atomic E-state index is -0.342. The van der Waals surface area contributed by atoms with Crippen LogP contribution >= 0.6 is 12.2 Å². The zero-order valence-electron chi connectivity index (χ0n) is 16.4. The Morgan fingerprint density at radius 1 is 1.20 bits per heavy atom. The Morgan fingerprint density at radius 3 is 2.67 bits per heavy atom. The molecule has 1 amide bonds. The quantitative estimate of drug-likeness (QED) is 0.525. The number of H-pyrrole nitrogens is 1. The Hall–Kier alpha value is -3.26. The van der Waals surface area contributed by atoms with E-state index in [1.807, 2.05) is 42.2 Å². The number of aryl methyl sites for hydroxylation is 1. The molecule has 2 atom stereocenters. The highest BCUT2D eigenvalue weighted by Crippen LogP contribution is 2.38. The fourth-order valence-corrected chi connectivity index (χ4v) is 3.99. The molecule has 0 saturated carbocycles.